The molecule has 104 valence electrons. The molecule has 0 bridgehead atoms. The first-order valence-corrected chi connectivity index (χ1v) is 6.54. The Hall–Kier alpha value is -3.00. The molecule has 0 aliphatic heterocycles. The summed E-state index contributed by atoms with van der Waals surface area (Å²) in [5, 5.41) is 12.3. The Bertz CT molecular complexity index is 764. The maximum atomic E-state index is 8.93. The Balaban J connectivity index is 1.67. The number of nitrogens with one attached hydrogen (secondary N) is 1. The molecule has 2 aromatic heterocycles. The molecule has 0 saturated heterocycles. The van der Waals surface area contributed by atoms with E-state index in [1.54, 1.807) is 6.20 Å². The lowest BCUT2D eigenvalue weighted by Crippen LogP contribution is -1.98. The van der Waals surface area contributed by atoms with Crippen LogP contribution in [0.15, 0.2) is 53.5 Å². The summed E-state index contributed by atoms with van der Waals surface area (Å²) >= 11 is 0. The standard InChI is InChI=1S/C16H14N4O/c1-20-10-12(6-15(20)7-17)8-19-14-4-2-13(3-5-14)16-9-18-11-21-16/h2-6,9-11,19H,8H2,1H3. The number of anilines is 1. The predicted molar refractivity (Wildman–Crippen MR) is 79.4 cm³/mol. The van der Waals surface area contributed by atoms with Gasteiger partial charge < -0.3 is 14.3 Å². The quantitative estimate of drug-likeness (QED) is 0.796. The molecule has 5 nitrogen and oxygen atoms in total. The average molecular weight is 278 g/mol. The second-order valence-electron chi connectivity index (χ2n) is 4.75. The van der Waals surface area contributed by atoms with Gasteiger partial charge in [0.15, 0.2) is 12.2 Å². The summed E-state index contributed by atoms with van der Waals surface area (Å²) in [7, 11) is 1.87. The molecule has 1 N–H and O–H groups in total. The van der Waals surface area contributed by atoms with Gasteiger partial charge in [-0.2, -0.15) is 5.26 Å². The van der Waals surface area contributed by atoms with Crippen molar-refractivity contribution in [3.63, 3.8) is 0 Å². The van der Waals surface area contributed by atoms with E-state index in [2.05, 4.69) is 16.4 Å². The van der Waals surface area contributed by atoms with Crippen molar-refractivity contribution in [3.05, 3.63) is 60.4 Å². The number of aryl methyl sites for hydroxylation is 1. The zero-order valence-electron chi connectivity index (χ0n) is 11.6. The smallest absolute Gasteiger partial charge is 0.181 e. The molecule has 0 fully saturated rings. The van der Waals surface area contributed by atoms with Crippen LogP contribution in [0, 0.1) is 11.3 Å². The van der Waals surface area contributed by atoms with E-state index in [-0.39, 0.29) is 0 Å². The molecular formula is C16H14N4O. The van der Waals surface area contributed by atoms with E-state index in [4.69, 9.17) is 9.68 Å². The van der Waals surface area contributed by atoms with Gasteiger partial charge in [0.25, 0.3) is 0 Å². The van der Waals surface area contributed by atoms with E-state index in [1.807, 2.05) is 48.1 Å². The molecule has 0 aliphatic rings. The van der Waals surface area contributed by atoms with Crippen molar-refractivity contribution in [3.8, 4) is 17.4 Å². The fraction of sp³-hybridized carbons (Fsp3) is 0.125. The highest BCUT2D eigenvalue weighted by molar-refractivity contribution is 5.60. The van der Waals surface area contributed by atoms with Crippen molar-refractivity contribution in [2.75, 3.05) is 5.32 Å². The van der Waals surface area contributed by atoms with Gasteiger partial charge in [-0.05, 0) is 35.9 Å². The maximum absolute atomic E-state index is 8.93. The molecule has 5 heteroatoms. The van der Waals surface area contributed by atoms with Gasteiger partial charge in [-0.15, -0.1) is 0 Å². The summed E-state index contributed by atoms with van der Waals surface area (Å²) in [6.07, 6.45) is 5.06. The van der Waals surface area contributed by atoms with Crippen LogP contribution in [-0.2, 0) is 13.6 Å². The number of nitriles is 1. The van der Waals surface area contributed by atoms with Gasteiger partial charge in [0.1, 0.15) is 11.8 Å². The van der Waals surface area contributed by atoms with Crippen LogP contribution in [0.5, 0.6) is 0 Å². The normalized spacial score (nSPS) is 10.3. The molecule has 0 aliphatic carbocycles. The Kier molecular flexibility index (Phi) is 3.44. The Morgan fingerprint density at radius 3 is 2.76 bits per heavy atom. The van der Waals surface area contributed by atoms with Crippen LogP contribution in [0.4, 0.5) is 5.69 Å². The third-order valence-corrected chi connectivity index (χ3v) is 3.27. The van der Waals surface area contributed by atoms with Gasteiger partial charge in [0.2, 0.25) is 0 Å². The molecule has 21 heavy (non-hydrogen) atoms. The lowest BCUT2D eigenvalue weighted by atomic mass is 10.1. The lowest BCUT2D eigenvalue weighted by Gasteiger charge is -2.05. The zero-order chi connectivity index (χ0) is 14.7. The van der Waals surface area contributed by atoms with Crippen LogP contribution in [0.25, 0.3) is 11.3 Å². The Morgan fingerprint density at radius 2 is 2.14 bits per heavy atom. The first-order chi connectivity index (χ1) is 10.3. The number of hydrogen-bond acceptors (Lipinski definition) is 4. The molecule has 0 spiro atoms. The van der Waals surface area contributed by atoms with Crippen LogP contribution >= 0.6 is 0 Å². The number of benzene rings is 1. The molecule has 0 unspecified atom stereocenters. The van der Waals surface area contributed by atoms with Gasteiger partial charge in [0.05, 0.1) is 6.20 Å². The number of rotatable bonds is 4. The fourth-order valence-corrected chi connectivity index (χ4v) is 2.16. The molecule has 3 rings (SSSR count). The van der Waals surface area contributed by atoms with Gasteiger partial charge in [0, 0.05) is 31.0 Å². The topological polar surface area (TPSA) is 66.8 Å². The third kappa shape index (κ3) is 2.79. The Morgan fingerprint density at radius 1 is 1.33 bits per heavy atom. The molecule has 0 saturated carbocycles. The van der Waals surface area contributed by atoms with Crippen LogP contribution in [0.1, 0.15) is 11.3 Å². The van der Waals surface area contributed by atoms with Crippen molar-refractivity contribution in [1.29, 1.82) is 5.26 Å². The van der Waals surface area contributed by atoms with E-state index in [9.17, 15) is 0 Å². The molecule has 2 heterocycles. The molecule has 0 atom stereocenters. The van der Waals surface area contributed by atoms with Crippen molar-refractivity contribution < 1.29 is 4.42 Å². The minimum Gasteiger partial charge on any atom is -0.444 e. The predicted octanol–water partition coefficient (Wildman–Crippen LogP) is 3.16. The third-order valence-electron chi connectivity index (χ3n) is 3.27. The highest BCUT2D eigenvalue weighted by atomic mass is 16.3. The monoisotopic (exact) mass is 278 g/mol. The molecule has 0 amide bonds. The fourth-order valence-electron chi connectivity index (χ4n) is 2.16. The lowest BCUT2D eigenvalue weighted by molar-refractivity contribution is 0.572. The first kappa shape index (κ1) is 13.0. The molecule has 0 radical (unpaired) electrons. The SMILES string of the molecule is Cn1cc(CNc2ccc(-c3cnco3)cc2)cc1C#N. The number of nitrogens with zero attached hydrogens (tertiary/aromatic N) is 3. The second-order valence-corrected chi connectivity index (χ2v) is 4.75. The van der Waals surface area contributed by atoms with Crippen molar-refractivity contribution in [2.24, 2.45) is 7.05 Å². The van der Waals surface area contributed by atoms with Gasteiger partial charge in [-0.25, -0.2) is 4.98 Å². The van der Waals surface area contributed by atoms with Gasteiger partial charge >= 0.3 is 0 Å². The maximum Gasteiger partial charge on any atom is 0.181 e. The van der Waals surface area contributed by atoms with Crippen LogP contribution in [0.2, 0.25) is 0 Å². The number of hydrogen-bond donors (Lipinski definition) is 1. The minimum atomic E-state index is 0.660. The summed E-state index contributed by atoms with van der Waals surface area (Å²) in [5.41, 5.74) is 3.74. The van der Waals surface area contributed by atoms with E-state index >= 15 is 0 Å². The molecular weight excluding hydrogens is 264 g/mol. The first-order valence-electron chi connectivity index (χ1n) is 6.54. The highest BCUT2D eigenvalue weighted by Gasteiger charge is 2.03. The summed E-state index contributed by atoms with van der Waals surface area (Å²) in [6.45, 7) is 0.678. The Labute approximate surface area is 122 Å². The zero-order valence-corrected chi connectivity index (χ0v) is 11.6. The van der Waals surface area contributed by atoms with E-state index in [1.165, 1.54) is 6.39 Å². The van der Waals surface area contributed by atoms with Crippen molar-refractivity contribution in [2.45, 2.75) is 6.54 Å². The summed E-state index contributed by atoms with van der Waals surface area (Å²) < 4.78 is 7.08. The highest BCUT2D eigenvalue weighted by Crippen LogP contribution is 2.21. The van der Waals surface area contributed by atoms with Gasteiger partial charge in [-0.1, -0.05) is 0 Å². The largest absolute Gasteiger partial charge is 0.444 e. The van der Waals surface area contributed by atoms with Gasteiger partial charge in [-0.3, -0.25) is 0 Å². The summed E-state index contributed by atoms with van der Waals surface area (Å²) in [6, 6.07) is 12.0. The van der Waals surface area contributed by atoms with Crippen LogP contribution < -0.4 is 5.32 Å². The molecule has 3 aromatic rings. The van der Waals surface area contributed by atoms with E-state index < -0.39 is 0 Å². The minimum absolute atomic E-state index is 0.660. The summed E-state index contributed by atoms with van der Waals surface area (Å²) in [4.78, 5) is 3.90. The van der Waals surface area contributed by atoms with Crippen LogP contribution in [-0.4, -0.2) is 9.55 Å². The van der Waals surface area contributed by atoms with E-state index in [0.29, 0.717) is 12.2 Å². The van der Waals surface area contributed by atoms with E-state index in [0.717, 1.165) is 22.6 Å². The molecule has 1 aromatic carbocycles. The van der Waals surface area contributed by atoms with Crippen molar-refractivity contribution >= 4 is 5.69 Å². The second kappa shape index (κ2) is 5.55. The number of aromatic nitrogens is 2. The summed E-state index contributed by atoms with van der Waals surface area (Å²) in [5.74, 6) is 0.753. The number of oxazole rings is 1. The van der Waals surface area contributed by atoms with Crippen molar-refractivity contribution in [1.82, 2.24) is 9.55 Å². The average Bonchev–Trinajstić information content (AvgIpc) is 3.15. The van der Waals surface area contributed by atoms with Crippen LogP contribution in [0.3, 0.4) is 0 Å².